The second-order valence-electron chi connectivity index (χ2n) is 11.6. The van der Waals surface area contributed by atoms with Crippen molar-refractivity contribution in [1.82, 2.24) is 25.5 Å². The molecule has 4 aromatic rings. The normalized spacial score (nSPS) is 14.2. The van der Waals surface area contributed by atoms with Crippen LogP contribution in [-0.4, -0.2) is 64.8 Å². The maximum absolute atomic E-state index is 15.3. The van der Waals surface area contributed by atoms with Crippen molar-refractivity contribution in [3.8, 4) is 28.1 Å². The lowest BCUT2D eigenvalue weighted by atomic mass is 10.0. The molecule has 4 N–H and O–H groups in total. The van der Waals surface area contributed by atoms with E-state index in [9.17, 15) is 9.90 Å². The minimum Gasteiger partial charge on any atom is -0.496 e. The minimum atomic E-state index is -0.544. The number of carbonyl (C=O) groups excluding carboxylic acids is 1. The first-order valence-corrected chi connectivity index (χ1v) is 16.3. The standard InChI is InChI=1S/C35H39Cl2FN6O3/c1-21(45)18-39-19-25-9-13-41-35(33(25)38)43-29-6-4-5-27(31(29)36)28-10-14-40-34(32(28)37)23-7-8-24(30(17-23)47-3)20-42-26-11-15-44(16-12-26)22(2)46/h4-10,13-14,17,21,26,39,42,45H,11-12,15-16,18-20H2,1-3H3,(H,41,43)/t21-/m0/s1. The van der Waals surface area contributed by atoms with Gasteiger partial charge in [0.2, 0.25) is 5.91 Å². The van der Waals surface area contributed by atoms with Crippen LogP contribution in [0.5, 0.6) is 5.75 Å². The molecule has 5 rings (SSSR count). The molecule has 248 valence electrons. The number of carbonyl (C=O) groups is 1. The second-order valence-corrected chi connectivity index (χ2v) is 12.4. The Morgan fingerprint density at radius 1 is 1.04 bits per heavy atom. The van der Waals surface area contributed by atoms with Crippen LogP contribution < -0.4 is 20.7 Å². The summed E-state index contributed by atoms with van der Waals surface area (Å²) in [5, 5.41) is 19.9. The molecule has 1 atom stereocenters. The quantitative estimate of drug-likeness (QED) is 0.133. The number of methoxy groups -OCH3 is 1. The van der Waals surface area contributed by atoms with Crippen molar-refractivity contribution >= 4 is 40.6 Å². The van der Waals surface area contributed by atoms with Crippen LogP contribution >= 0.6 is 23.2 Å². The van der Waals surface area contributed by atoms with Crippen molar-refractivity contribution in [2.75, 3.05) is 32.1 Å². The third kappa shape index (κ3) is 8.38. The van der Waals surface area contributed by atoms with Gasteiger partial charge in [0, 0.05) is 85.9 Å². The van der Waals surface area contributed by atoms with Crippen molar-refractivity contribution in [3.63, 3.8) is 0 Å². The number of hydrogen-bond acceptors (Lipinski definition) is 8. The van der Waals surface area contributed by atoms with Crippen molar-refractivity contribution in [2.24, 2.45) is 0 Å². The van der Waals surface area contributed by atoms with E-state index in [1.54, 1.807) is 51.4 Å². The number of likely N-dealkylation sites (tertiary alicyclic amines) is 1. The van der Waals surface area contributed by atoms with Crippen LogP contribution in [0.1, 0.15) is 37.8 Å². The average Bonchev–Trinajstić information content (AvgIpc) is 3.06. The number of aromatic nitrogens is 2. The highest BCUT2D eigenvalue weighted by atomic mass is 35.5. The van der Waals surface area contributed by atoms with Gasteiger partial charge in [-0.2, -0.15) is 0 Å². The molecule has 9 nitrogen and oxygen atoms in total. The predicted molar refractivity (Wildman–Crippen MR) is 185 cm³/mol. The van der Waals surface area contributed by atoms with Crippen LogP contribution in [0.4, 0.5) is 15.9 Å². The van der Waals surface area contributed by atoms with E-state index in [4.69, 9.17) is 27.9 Å². The fraction of sp³-hybridized carbons (Fsp3) is 0.343. The first-order valence-electron chi connectivity index (χ1n) is 15.5. The molecule has 1 saturated heterocycles. The molecule has 2 aromatic heterocycles. The maximum atomic E-state index is 15.3. The average molecular weight is 682 g/mol. The molecule has 0 bridgehead atoms. The van der Waals surface area contributed by atoms with E-state index in [2.05, 4.69) is 25.9 Å². The van der Waals surface area contributed by atoms with E-state index in [1.807, 2.05) is 29.2 Å². The highest BCUT2D eigenvalue weighted by Crippen LogP contribution is 2.42. The second kappa shape index (κ2) is 15.9. The van der Waals surface area contributed by atoms with Gasteiger partial charge in [0.25, 0.3) is 0 Å². The Labute approximate surface area is 284 Å². The lowest BCUT2D eigenvalue weighted by molar-refractivity contribution is -0.129. The Kier molecular flexibility index (Phi) is 11.7. The van der Waals surface area contributed by atoms with Gasteiger partial charge in [-0.25, -0.2) is 9.37 Å². The van der Waals surface area contributed by atoms with Crippen LogP contribution in [0.25, 0.3) is 22.4 Å². The van der Waals surface area contributed by atoms with Gasteiger partial charge in [-0.3, -0.25) is 9.78 Å². The van der Waals surface area contributed by atoms with Crippen LogP contribution in [0.3, 0.4) is 0 Å². The summed E-state index contributed by atoms with van der Waals surface area (Å²) in [6.45, 7) is 6.00. The molecule has 12 heteroatoms. The molecule has 1 aliphatic rings. The monoisotopic (exact) mass is 680 g/mol. The summed E-state index contributed by atoms with van der Waals surface area (Å²) in [5.41, 5.74) is 4.53. The number of anilines is 2. The topological polar surface area (TPSA) is 112 Å². The SMILES string of the molecule is COc1cc(-c2nccc(-c3cccc(Nc4nccc(CNC[C@H](C)O)c4F)c3Cl)c2Cl)ccc1CNC1CCN(C(C)=O)CC1. The van der Waals surface area contributed by atoms with Gasteiger partial charge >= 0.3 is 0 Å². The number of pyridine rings is 2. The summed E-state index contributed by atoms with van der Waals surface area (Å²) in [6, 6.07) is 15.0. The summed E-state index contributed by atoms with van der Waals surface area (Å²) in [6.07, 6.45) is 4.46. The molecule has 1 fully saturated rings. The van der Waals surface area contributed by atoms with Crippen LogP contribution in [0.2, 0.25) is 10.0 Å². The number of nitrogens with one attached hydrogen (secondary N) is 3. The summed E-state index contributed by atoms with van der Waals surface area (Å²) < 4.78 is 21.0. The summed E-state index contributed by atoms with van der Waals surface area (Å²) >= 11 is 13.9. The van der Waals surface area contributed by atoms with Crippen LogP contribution in [-0.2, 0) is 17.9 Å². The van der Waals surface area contributed by atoms with Gasteiger partial charge in [-0.05, 0) is 44.0 Å². The Morgan fingerprint density at radius 3 is 2.51 bits per heavy atom. The number of piperidine rings is 1. The van der Waals surface area contributed by atoms with E-state index in [0.29, 0.717) is 63.0 Å². The number of nitrogens with zero attached hydrogens (tertiary/aromatic N) is 3. The number of halogens is 3. The number of aliphatic hydroxyl groups excluding tert-OH is 1. The Hall–Kier alpha value is -3.80. The van der Waals surface area contributed by atoms with Crippen molar-refractivity contribution in [2.45, 2.75) is 51.9 Å². The highest BCUT2D eigenvalue weighted by molar-refractivity contribution is 6.39. The van der Waals surface area contributed by atoms with Gasteiger partial charge in [0.05, 0.1) is 34.6 Å². The molecule has 1 aliphatic heterocycles. The van der Waals surface area contributed by atoms with Crippen LogP contribution in [0.15, 0.2) is 60.9 Å². The fourth-order valence-electron chi connectivity index (χ4n) is 5.63. The number of hydrogen-bond donors (Lipinski definition) is 4. The number of benzene rings is 2. The first-order chi connectivity index (χ1) is 22.7. The maximum Gasteiger partial charge on any atom is 0.219 e. The molecule has 1 amide bonds. The van der Waals surface area contributed by atoms with Crippen molar-refractivity contribution < 1.29 is 19.0 Å². The van der Waals surface area contributed by atoms with Gasteiger partial charge in [-0.1, -0.05) is 47.5 Å². The van der Waals surface area contributed by atoms with Gasteiger partial charge in [0.1, 0.15) is 5.75 Å². The Morgan fingerprint density at radius 2 is 1.79 bits per heavy atom. The predicted octanol–water partition coefficient (Wildman–Crippen LogP) is 6.58. The van der Waals surface area contributed by atoms with Crippen molar-refractivity contribution in [3.05, 3.63) is 87.9 Å². The summed E-state index contributed by atoms with van der Waals surface area (Å²) in [7, 11) is 1.64. The minimum absolute atomic E-state index is 0.0325. The fourth-order valence-corrected chi connectivity index (χ4v) is 6.23. The molecule has 0 aliphatic carbocycles. The Balaban J connectivity index is 1.34. The summed E-state index contributed by atoms with van der Waals surface area (Å²) in [4.78, 5) is 22.3. The first kappa shape index (κ1) is 34.5. The Bertz CT molecular complexity index is 1720. The molecular weight excluding hydrogens is 642 g/mol. The van der Waals surface area contributed by atoms with Gasteiger partial charge in [0.15, 0.2) is 11.6 Å². The molecule has 47 heavy (non-hydrogen) atoms. The lowest BCUT2D eigenvalue weighted by Gasteiger charge is -2.32. The number of ether oxygens (including phenoxy) is 1. The van der Waals surface area contributed by atoms with E-state index in [0.717, 1.165) is 37.1 Å². The van der Waals surface area contributed by atoms with Gasteiger partial charge in [-0.15, -0.1) is 0 Å². The van der Waals surface area contributed by atoms with Crippen molar-refractivity contribution in [1.29, 1.82) is 0 Å². The molecule has 2 aromatic carbocycles. The zero-order chi connectivity index (χ0) is 33.5. The molecule has 3 heterocycles. The van der Waals surface area contributed by atoms with E-state index < -0.39 is 11.9 Å². The largest absolute Gasteiger partial charge is 0.496 e. The van der Waals surface area contributed by atoms with E-state index in [1.165, 1.54) is 6.20 Å². The smallest absolute Gasteiger partial charge is 0.219 e. The van der Waals surface area contributed by atoms with E-state index in [-0.39, 0.29) is 18.3 Å². The number of amides is 1. The molecule has 0 unspecified atom stereocenters. The highest BCUT2D eigenvalue weighted by Gasteiger charge is 2.22. The molecule has 0 saturated carbocycles. The molecule has 0 spiro atoms. The zero-order valence-corrected chi connectivity index (χ0v) is 28.1. The summed E-state index contributed by atoms with van der Waals surface area (Å²) in [5.74, 6) is 0.352. The van der Waals surface area contributed by atoms with E-state index >= 15 is 4.39 Å². The molecule has 0 radical (unpaired) electrons. The van der Waals surface area contributed by atoms with Gasteiger partial charge < -0.3 is 30.7 Å². The van der Waals surface area contributed by atoms with Crippen LogP contribution in [0, 0.1) is 5.82 Å². The zero-order valence-electron chi connectivity index (χ0n) is 26.6. The lowest BCUT2D eigenvalue weighted by Crippen LogP contribution is -2.43. The number of aliphatic hydroxyl groups is 1. The third-order valence-corrected chi connectivity index (χ3v) is 9.03. The molecular formula is C35H39Cl2FN6O3. The number of rotatable bonds is 12. The third-order valence-electron chi connectivity index (χ3n) is 8.24.